The van der Waals surface area contributed by atoms with Crippen molar-refractivity contribution in [3.63, 3.8) is 0 Å². The summed E-state index contributed by atoms with van der Waals surface area (Å²) in [6, 6.07) is 6.78. The molecule has 0 aliphatic rings. The summed E-state index contributed by atoms with van der Waals surface area (Å²) in [7, 11) is -3.13. The maximum atomic E-state index is 11.5. The van der Waals surface area contributed by atoms with Crippen LogP contribution < -0.4 is 0 Å². The van der Waals surface area contributed by atoms with E-state index in [0.29, 0.717) is 10.6 Å². The van der Waals surface area contributed by atoms with Gasteiger partial charge in [0.15, 0.2) is 9.84 Å². The molecule has 0 amide bonds. The first-order valence-electron chi connectivity index (χ1n) is 4.59. The van der Waals surface area contributed by atoms with Crippen LogP contribution in [0.4, 0.5) is 0 Å². The third kappa shape index (κ3) is 4.64. The standard InChI is InChI=1S/C10H13ClO3S/c11-10-4-1-3-9(7-10)8-15(13,14)6-2-5-12/h1,3-4,7,12H,2,5-6,8H2. The van der Waals surface area contributed by atoms with Crippen LogP contribution in [0.15, 0.2) is 24.3 Å². The SMILES string of the molecule is O=S(=O)(CCCO)Cc1cccc(Cl)c1. The van der Waals surface area contributed by atoms with Crippen molar-refractivity contribution in [3.8, 4) is 0 Å². The van der Waals surface area contributed by atoms with E-state index in [4.69, 9.17) is 16.7 Å². The molecule has 0 saturated carbocycles. The van der Waals surface area contributed by atoms with Gasteiger partial charge in [0.2, 0.25) is 0 Å². The third-order valence-electron chi connectivity index (χ3n) is 1.89. The van der Waals surface area contributed by atoms with E-state index in [1.807, 2.05) is 0 Å². The molecule has 0 unspecified atom stereocenters. The molecule has 1 rings (SSSR count). The molecule has 5 heteroatoms. The normalized spacial score (nSPS) is 11.6. The van der Waals surface area contributed by atoms with Gasteiger partial charge in [0.1, 0.15) is 0 Å². The van der Waals surface area contributed by atoms with E-state index in [-0.39, 0.29) is 24.5 Å². The second-order valence-corrected chi connectivity index (χ2v) is 5.92. The van der Waals surface area contributed by atoms with Crippen LogP contribution in [0.2, 0.25) is 5.02 Å². The Morgan fingerprint density at radius 3 is 2.67 bits per heavy atom. The molecule has 0 aliphatic heterocycles. The van der Waals surface area contributed by atoms with E-state index < -0.39 is 9.84 Å². The van der Waals surface area contributed by atoms with E-state index in [9.17, 15) is 8.42 Å². The van der Waals surface area contributed by atoms with Crippen molar-refractivity contribution in [3.05, 3.63) is 34.9 Å². The molecule has 0 fully saturated rings. The maximum absolute atomic E-state index is 11.5. The van der Waals surface area contributed by atoms with E-state index >= 15 is 0 Å². The molecule has 0 spiro atoms. The second-order valence-electron chi connectivity index (χ2n) is 3.30. The van der Waals surface area contributed by atoms with Crippen LogP contribution >= 0.6 is 11.6 Å². The van der Waals surface area contributed by atoms with Gasteiger partial charge < -0.3 is 5.11 Å². The van der Waals surface area contributed by atoms with Crippen molar-refractivity contribution < 1.29 is 13.5 Å². The van der Waals surface area contributed by atoms with Crippen LogP contribution in [0.3, 0.4) is 0 Å². The molecular formula is C10H13ClO3S. The van der Waals surface area contributed by atoms with Crippen molar-refractivity contribution in [2.24, 2.45) is 0 Å². The van der Waals surface area contributed by atoms with E-state index in [1.165, 1.54) is 0 Å². The zero-order valence-corrected chi connectivity index (χ0v) is 9.76. The average Bonchev–Trinajstić information content (AvgIpc) is 2.14. The lowest BCUT2D eigenvalue weighted by atomic mass is 10.2. The number of benzene rings is 1. The first kappa shape index (κ1) is 12.5. The predicted molar refractivity (Wildman–Crippen MR) is 60.6 cm³/mol. The minimum absolute atomic E-state index is 0.00993. The first-order chi connectivity index (χ1) is 7.03. The topological polar surface area (TPSA) is 54.4 Å². The molecule has 0 radical (unpaired) electrons. The summed E-state index contributed by atoms with van der Waals surface area (Å²) in [6.07, 6.45) is 0.281. The molecular weight excluding hydrogens is 236 g/mol. The number of aliphatic hydroxyl groups is 1. The van der Waals surface area contributed by atoms with Gasteiger partial charge in [0.05, 0.1) is 11.5 Å². The Morgan fingerprint density at radius 2 is 2.07 bits per heavy atom. The molecule has 1 aromatic rings. The third-order valence-corrected chi connectivity index (χ3v) is 3.81. The molecule has 0 heterocycles. The summed E-state index contributed by atoms with van der Waals surface area (Å²) < 4.78 is 23.0. The summed E-state index contributed by atoms with van der Waals surface area (Å²) in [5.74, 6) is -0.0103. The van der Waals surface area contributed by atoms with Crippen LogP contribution in [-0.2, 0) is 15.6 Å². The van der Waals surface area contributed by atoms with Crippen molar-refractivity contribution >= 4 is 21.4 Å². The van der Waals surface area contributed by atoms with Gasteiger partial charge in [0, 0.05) is 11.6 Å². The summed E-state index contributed by atoms with van der Waals surface area (Å²) in [5, 5.41) is 9.09. The Labute approximate surface area is 94.6 Å². The fourth-order valence-electron chi connectivity index (χ4n) is 1.24. The summed E-state index contributed by atoms with van der Waals surface area (Å²) in [6.45, 7) is -0.102. The highest BCUT2D eigenvalue weighted by atomic mass is 35.5. The molecule has 0 aromatic heterocycles. The van der Waals surface area contributed by atoms with Crippen molar-refractivity contribution in [2.75, 3.05) is 12.4 Å². The molecule has 0 saturated heterocycles. The van der Waals surface area contributed by atoms with Crippen LogP contribution in [0.1, 0.15) is 12.0 Å². The molecule has 1 aromatic carbocycles. The van der Waals surface area contributed by atoms with Gasteiger partial charge in [-0.15, -0.1) is 0 Å². The van der Waals surface area contributed by atoms with Crippen molar-refractivity contribution in [2.45, 2.75) is 12.2 Å². The van der Waals surface area contributed by atoms with Gasteiger partial charge in [-0.2, -0.15) is 0 Å². The van der Waals surface area contributed by atoms with Crippen molar-refractivity contribution in [1.29, 1.82) is 0 Å². The predicted octanol–water partition coefficient (Wildman–Crippen LogP) is 1.64. The molecule has 84 valence electrons. The minimum atomic E-state index is -3.13. The Kier molecular flexibility index (Phi) is 4.57. The quantitative estimate of drug-likeness (QED) is 0.862. The van der Waals surface area contributed by atoms with Gasteiger partial charge in [-0.05, 0) is 24.1 Å². The largest absolute Gasteiger partial charge is 0.396 e. The summed E-state index contributed by atoms with van der Waals surface area (Å²) in [4.78, 5) is 0. The van der Waals surface area contributed by atoms with Crippen LogP contribution in [0.25, 0.3) is 0 Å². The highest BCUT2D eigenvalue weighted by molar-refractivity contribution is 7.90. The van der Waals surface area contributed by atoms with Crippen molar-refractivity contribution in [1.82, 2.24) is 0 Å². The zero-order valence-electron chi connectivity index (χ0n) is 8.19. The Bertz CT molecular complexity index is 414. The van der Waals surface area contributed by atoms with E-state index in [0.717, 1.165) is 0 Å². The van der Waals surface area contributed by atoms with Crippen LogP contribution in [-0.4, -0.2) is 25.9 Å². The maximum Gasteiger partial charge on any atom is 0.154 e. The number of sulfone groups is 1. The molecule has 0 bridgehead atoms. The minimum Gasteiger partial charge on any atom is -0.396 e. The lowest BCUT2D eigenvalue weighted by Crippen LogP contribution is -2.10. The molecule has 3 nitrogen and oxygen atoms in total. The van der Waals surface area contributed by atoms with Gasteiger partial charge in [-0.3, -0.25) is 0 Å². The zero-order chi connectivity index (χ0) is 11.3. The lowest BCUT2D eigenvalue weighted by Gasteiger charge is -2.03. The molecule has 0 aliphatic carbocycles. The fourth-order valence-corrected chi connectivity index (χ4v) is 2.85. The van der Waals surface area contributed by atoms with Crippen LogP contribution in [0.5, 0.6) is 0 Å². The van der Waals surface area contributed by atoms with E-state index in [1.54, 1.807) is 24.3 Å². The molecule has 0 atom stereocenters. The Balaban J connectivity index is 2.69. The number of hydrogen-bond donors (Lipinski definition) is 1. The van der Waals surface area contributed by atoms with E-state index in [2.05, 4.69) is 0 Å². The van der Waals surface area contributed by atoms with Gasteiger partial charge >= 0.3 is 0 Å². The summed E-state index contributed by atoms with van der Waals surface area (Å²) in [5.41, 5.74) is 0.681. The highest BCUT2D eigenvalue weighted by Gasteiger charge is 2.11. The van der Waals surface area contributed by atoms with Gasteiger partial charge in [-0.1, -0.05) is 23.7 Å². The van der Waals surface area contributed by atoms with Crippen LogP contribution in [0, 0.1) is 0 Å². The highest BCUT2D eigenvalue weighted by Crippen LogP contribution is 2.13. The van der Waals surface area contributed by atoms with Gasteiger partial charge in [-0.25, -0.2) is 8.42 Å². The lowest BCUT2D eigenvalue weighted by molar-refractivity contribution is 0.295. The summed E-state index contributed by atoms with van der Waals surface area (Å²) >= 11 is 5.74. The second kappa shape index (κ2) is 5.49. The number of aliphatic hydroxyl groups excluding tert-OH is 1. The number of halogens is 1. The molecule has 1 N–H and O–H groups in total. The smallest absolute Gasteiger partial charge is 0.154 e. The number of hydrogen-bond acceptors (Lipinski definition) is 3. The first-order valence-corrected chi connectivity index (χ1v) is 6.79. The monoisotopic (exact) mass is 248 g/mol. The Morgan fingerprint density at radius 1 is 1.33 bits per heavy atom. The average molecular weight is 249 g/mol. The molecule has 15 heavy (non-hydrogen) atoms. The number of rotatable bonds is 5. The Hall–Kier alpha value is -0.580. The fraction of sp³-hybridized carbons (Fsp3) is 0.400. The van der Waals surface area contributed by atoms with Gasteiger partial charge in [0.25, 0.3) is 0 Å².